The van der Waals surface area contributed by atoms with Crippen LogP contribution in [0, 0.1) is 13.8 Å². The molecule has 1 aromatic carbocycles. The maximum absolute atomic E-state index is 12.7. The lowest BCUT2D eigenvalue weighted by atomic mass is 10.1. The van der Waals surface area contributed by atoms with E-state index in [2.05, 4.69) is 20.4 Å². The molecule has 2 N–H and O–H groups in total. The molecule has 3 aromatic heterocycles. The van der Waals surface area contributed by atoms with Gasteiger partial charge in [-0.15, -0.1) is 0 Å². The third kappa shape index (κ3) is 2.67. The Balaban J connectivity index is 1.70. The SMILES string of the molecule is Cc1nc(-c2ccc(C)c(NC(=O)c3c[nH]c4cccc(=O)n34)c2)no1. The molecule has 4 rings (SSSR count). The molecule has 0 saturated heterocycles. The van der Waals surface area contributed by atoms with Crippen LogP contribution in [0.15, 0.2) is 51.9 Å². The highest BCUT2D eigenvalue weighted by atomic mass is 16.5. The third-order valence-electron chi connectivity index (χ3n) is 4.06. The van der Waals surface area contributed by atoms with Crippen LogP contribution in [0.5, 0.6) is 0 Å². The molecule has 0 aliphatic heterocycles. The first kappa shape index (κ1) is 15.8. The minimum atomic E-state index is -0.394. The van der Waals surface area contributed by atoms with E-state index < -0.39 is 5.91 Å². The third-order valence-corrected chi connectivity index (χ3v) is 4.06. The molecule has 0 unspecified atom stereocenters. The van der Waals surface area contributed by atoms with Crippen molar-refractivity contribution in [2.24, 2.45) is 0 Å². The number of benzene rings is 1. The van der Waals surface area contributed by atoms with Crippen molar-refractivity contribution in [3.05, 3.63) is 70.1 Å². The second kappa shape index (κ2) is 5.99. The van der Waals surface area contributed by atoms with Crippen LogP contribution < -0.4 is 10.9 Å². The summed E-state index contributed by atoms with van der Waals surface area (Å²) in [5.74, 6) is 0.514. The van der Waals surface area contributed by atoms with Crippen LogP contribution in [-0.4, -0.2) is 25.4 Å². The van der Waals surface area contributed by atoms with E-state index in [0.29, 0.717) is 23.0 Å². The minimum absolute atomic E-state index is 0.228. The standard InChI is InChI=1S/C18H15N5O3/c1-10-6-7-12(17-20-11(2)26-22-17)8-13(10)21-18(25)14-9-19-15-4-3-5-16(24)23(14)15/h3-9,19H,1-2H3,(H,21,25). The number of pyridine rings is 1. The molecule has 3 heterocycles. The molecule has 130 valence electrons. The quantitative estimate of drug-likeness (QED) is 0.591. The van der Waals surface area contributed by atoms with Crippen molar-refractivity contribution >= 4 is 17.2 Å². The monoisotopic (exact) mass is 349 g/mol. The van der Waals surface area contributed by atoms with Gasteiger partial charge in [0.05, 0.1) is 0 Å². The van der Waals surface area contributed by atoms with Gasteiger partial charge >= 0.3 is 0 Å². The fourth-order valence-corrected chi connectivity index (χ4v) is 2.72. The Labute approximate surface area is 147 Å². The van der Waals surface area contributed by atoms with E-state index in [9.17, 15) is 9.59 Å². The predicted molar refractivity (Wildman–Crippen MR) is 95.2 cm³/mol. The summed E-state index contributed by atoms with van der Waals surface area (Å²) in [5.41, 5.74) is 2.70. The van der Waals surface area contributed by atoms with Crippen molar-refractivity contribution in [2.45, 2.75) is 13.8 Å². The van der Waals surface area contributed by atoms with Crippen LogP contribution in [0.4, 0.5) is 5.69 Å². The largest absolute Gasteiger partial charge is 0.345 e. The van der Waals surface area contributed by atoms with E-state index >= 15 is 0 Å². The summed E-state index contributed by atoms with van der Waals surface area (Å²) in [4.78, 5) is 31.9. The molecule has 4 aromatic rings. The zero-order valence-corrected chi connectivity index (χ0v) is 14.1. The summed E-state index contributed by atoms with van der Waals surface area (Å²) < 4.78 is 6.33. The van der Waals surface area contributed by atoms with Crippen LogP contribution in [0.25, 0.3) is 17.0 Å². The molecular formula is C18H15N5O3. The number of nitrogens with one attached hydrogen (secondary N) is 2. The van der Waals surface area contributed by atoms with Gasteiger partial charge in [-0.05, 0) is 24.6 Å². The molecule has 0 spiro atoms. The number of hydrogen-bond acceptors (Lipinski definition) is 5. The number of amides is 1. The molecule has 0 fully saturated rings. The number of aryl methyl sites for hydroxylation is 2. The zero-order chi connectivity index (χ0) is 18.3. The molecule has 0 aliphatic carbocycles. The molecule has 26 heavy (non-hydrogen) atoms. The van der Waals surface area contributed by atoms with Crippen LogP contribution >= 0.6 is 0 Å². The van der Waals surface area contributed by atoms with Crippen molar-refractivity contribution < 1.29 is 9.32 Å². The van der Waals surface area contributed by atoms with Gasteiger partial charge in [0.2, 0.25) is 11.7 Å². The lowest BCUT2D eigenvalue weighted by molar-refractivity contribution is 0.102. The fourth-order valence-electron chi connectivity index (χ4n) is 2.72. The average Bonchev–Trinajstić information content (AvgIpc) is 3.24. The van der Waals surface area contributed by atoms with Crippen LogP contribution in [0.3, 0.4) is 0 Å². The van der Waals surface area contributed by atoms with Gasteiger partial charge in [-0.1, -0.05) is 23.4 Å². The molecule has 1 amide bonds. The van der Waals surface area contributed by atoms with E-state index in [0.717, 1.165) is 11.1 Å². The van der Waals surface area contributed by atoms with E-state index in [-0.39, 0.29) is 11.3 Å². The smallest absolute Gasteiger partial charge is 0.274 e. The van der Waals surface area contributed by atoms with Crippen LogP contribution in [0.1, 0.15) is 21.9 Å². The number of imidazole rings is 1. The molecule has 8 nitrogen and oxygen atoms in total. The van der Waals surface area contributed by atoms with Gasteiger partial charge in [0.1, 0.15) is 11.3 Å². The number of nitrogens with zero attached hydrogens (tertiary/aromatic N) is 3. The van der Waals surface area contributed by atoms with Crippen molar-refractivity contribution in [3.8, 4) is 11.4 Å². The molecule has 0 aliphatic rings. The number of aromatic nitrogens is 4. The predicted octanol–water partition coefficient (Wildman–Crippen LogP) is 2.55. The Hall–Kier alpha value is -3.68. The van der Waals surface area contributed by atoms with E-state index in [1.54, 1.807) is 25.1 Å². The summed E-state index contributed by atoms with van der Waals surface area (Å²) in [6, 6.07) is 10.2. The lowest BCUT2D eigenvalue weighted by Crippen LogP contribution is -2.21. The normalized spacial score (nSPS) is 11.0. The first-order valence-corrected chi connectivity index (χ1v) is 7.95. The van der Waals surface area contributed by atoms with Crippen LogP contribution in [0.2, 0.25) is 0 Å². The molecule has 0 bridgehead atoms. The van der Waals surface area contributed by atoms with Gasteiger partial charge in [0.15, 0.2) is 0 Å². The van der Waals surface area contributed by atoms with Crippen LogP contribution in [-0.2, 0) is 0 Å². The van der Waals surface area contributed by atoms with Crippen molar-refractivity contribution in [3.63, 3.8) is 0 Å². The van der Waals surface area contributed by atoms with Gasteiger partial charge < -0.3 is 14.8 Å². The van der Waals surface area contributed by atoms with Crippen molar-refractivity contribution in [1.82, 2.24) is 19.5 Å². The van der Waals surface area contributed by atoms with Crippen molar-refractivity contribution in [1.29, 1.82) is 0 Å². The van der Waals surface area contributed by atoms with Gasteiger partial charge in [0, 0.05) is 30.4 Å². The number of carbonyl (C=O) groups excluding carboxylic acids is 1. The number of H-pyrrole nitrogens is 1. The first-order valence-electron chi connectivity index (χ1n) is 7.95. The topological polar surface area (TPSA) is 105 Å². The number of fused-ring (bicyclic) bond motifs is 1. The van der Waals surface area contributed by atoms with Gasteiger partial charge in [-0.3, -0.25) is 14.0 Å². The minimum Gasteiger partial charge on any atom is -0.345 e. The van der Waals surface area contributed by atoms with Crippen molar-refractivity contribution in [2.75, 3.05) is 5.32 Å². The Morgan fingerprint density at radius 1 is 1.23 bits per heavy atom. The Bertz CT molecular complexity index is 1180. The maximum atomic E-state index is 12.7. The average molecular weight is 349 g/mol. The number of aromatic amines is 1. The zero-order valence-electron chi connectivity index (χ0n) is 14.1. The number of hydrogen-bond donors (Lipinski definition) is 2. The summed E-state index contributed by atoms with van der Waals surface area (Å²) in [5, 5.41) is 6.73. The number of carbonyl (C=O) groups is 1. The summed E-state index contributed by atoms with van der Waals surface area (Å²) in [7, 11) is 0. The second-order valence-electron chi connectivity index (χ2n) is 5.88. The second-order valence-corrected chi connectivity index (χ2v) is 5.88. The Morgan fingerprint density at radius 3 is 2.85 bits per heavy atom. The Morgan fingerprint density at radius 2 is 2.08 bits per heavy atom. The number of rotatable bonds is 3. The molecule has 0 atom stereocenters. The summed E-state index contributed by atoms with van der Waals surface area (Å²) in [6.07, 6.45) is 1.51. The molecular weight excluding hydrogens is 334 g/mol. The molecule has 0 radical (unpaired) electrons. The highest BCUT2D eigenvalue weighted by Crippen LogP contribution is 2.24. The maximum Gasteiger partial charge on any atom is 0.274 e. The van der Waals surface area contributed by atoms with E-state index in [1.165, 1.54) is 16.7 Å². The lowest BCUT2D eigenvalue weighted by Gasteiger charge is -2.09. The summed E-state index contributed by atoms with van der Waals surface area (Å²) >= 11 is 0. The first-order chi connectivity index (χ1) is 12.5. The molecule has 8 heteroatoms. The highest BCUT2D eigenvalue weighted by Gasteiger charge is 2.15. The highest BCUT2D eigenvalue weighted by molar-refractivity contribution is 6.04. The fraction of sp³-hybridized carbons (Fsp3) is 0.111. The van der Waals surface area contributed by atoms with Gasteiger partial charge in [-0.2, -0.15) is 4.98 Å². The van der Waals surface area contributed by atoms with E-state index in [4.69, 9.17) is 4.52 Å². The van der Waals surface area contributed by atoms with Gasteiger partial charge in [0.25, 0.3) is 11.5 Å². The Kier molecular flexibility index (Phi) is 3.65. The van der Waals surface area contributed by atoms with Gasteiger partial charge in [-0.25, -0.2) is 0 Å². The molecule has 0 saturated carbocycles. The van der Waals surface area contributed by atoms with E-state index in [1.807, 2.05) is 19.1 Å². The summed E-state index contributed by atoms with van der Waals surface area (Å²) in [6.45, 7) is 3.59. The number of anilines is 1.